The van der Waals surface area contributed by atoms with Crippen LogP contribution in [0.15, 0.2) is 89.7 Å². The predicted octanol–water partition coefficient (Wildman–Crippen LogP) is 5.16. The molecule has 0 atom stereocenters. The number of imidazole rings is 1. The minimum Gasteiger partial charge on any atom is -0.464 e. The number of benzene rings is 3. The molecule has 3 aromatic carbocycles. The van der Waals surface area contributed by atoms with Gasteiger partial charge >= 0.3 is 17.8 Å². The highest BCUT2D eigenvalue weighted by Crippen LogP contribution is 2.33. The molecule has 4 aromatic rings. The van der Waals surface area contributed by atoms with Crippen molar-refractivity contribution in [2.24, 2.45) is 0 Å². The zero-order valence-electron chi connectivity index (χ0n) is 17.5. The third-order valence-electron chi connectivity index (χ3n) is 5.20. The molecular formula is C25H19F3N2O3. The largest absolute Gasteiger partial charge is 0.464 e. The molecule has 0 saturated heterocycles. The average molecular weight is 452 g/mol. The Kier molecular flexibility index (Phi) is 5.91. The number of hydrogen-bond donors (Lipinski definition) is 0. The van der Waals surface area contributed by atoms with Crippen LogP contribution in [0.2, 0.25) is 0 Å². The third kappa shape index (κ3) is 4.32. The Morgan fingerprint density at radius 1 is 0.879 bits per heavy atom. The SMILES string of the molecule is COC(=O)c1c(-c2ccc(C(F)(F)F)cc2)n(-c2ccccc2)c(=O)n1Cc1ccccc1. The Bertz CT molecular complexity index is 1320. The molecular weight excluding hydrogens is 433 g/mol. The van der Waals surface area contributed by atoms with E-state index in [-0.39, 0.29) is 23.5 Å². The molecule has 0 unspecified atom stereocenters. The number of carbonyl (C=O) groups is 1. The van der Waals surface area contributed by atoms with Gasteiger partial charge in [-0.1, -0.05) is 60.7 Å². The normalized spacial score (nSPS) is 11.4. The van der Waals surface area contributed by atoms with Crippen LogP contribution in [0.25, 0.3) is 16.9 Å². The highest BCUT2D eigenvalue weighted by Gasteiger charge is 2.32. The Balaban J connectivity index is 2.01. The standard InChI is InChI=1S/C25H19F3N2O3/c1-33-23(31)22-21(18-12-14-19(15-13-18)25(26,27)28)30(20-10-6-3-7-11-20)24(32)29(22)16-17-8-4-2-5-9-17/h2-15H,16H2,1H3. The number of aromatic nitrogens is 2. The smallest absolute Gasteiger partial charge is 0.416 e. The summed E-state index contributed by atoms with van der Waals surface area (Å²) in [6, 6.07) is 22.0. The lowest BCUT2D eigenvalue weighted by Gasteiger charge is -2.12. The highest BCUT2D eigenvalue weighted by molar-refractivity contribution is 5.95. The molecule has 0 radical (unpaired) electrons. The summed E-state index contributed by atoms with van der Waals surface area (Å²) < 4.78 is 46.9. The van der Waals surface area contributed by atoms with Gasteiger partial charge in [-0.05, 0) is 29.8 Å². The summed E-state index contributed by atoms with van der Waals surface area (Å²) in [6.45, 7) is 0.0809. The second-order valence-electron chi connectivity index (χ2n) is 7.29. The topological polar surface area (TPSA) is 53.2 Å². The van der Waals surface area contributed by atoms with Crippen LogP contribution in [0.4, 0.5) is 13.2 Å². The average Bonchev–Trinajstić information content (AvgIpc) is 3.11. The lowest BCUT2D eigenvalue weighted by atomic mass is 10.1. The number of alkyl halides is 3. The number of carbonyl (C=O) groups excluding carboxylic acids is 1. The molecule has 1 aromatic heterocycles. The lowest BCUT2D eigenvalue weighted by molar-refractivity contribution is -0.137. The molecule has 1 heterocycles. The maximum Gasteiger partial charge on any atom is 0.416 e. The molecule has 33 heavy (non-hydrogen) atoms. The predicted molar refractivity (Wildman–Crippen MR) is 117 cm³/mol. The van der Waals surface area contributed by atoms with Crippen LogP contribution < -0.4 is 5.69 Å². The molecule has 0 aliphatic carbocycles. The third-order valence-corrected chi connectivity index (χ3v) is 5.20. The van der Waals surface area contributed by atoms with Gasteiger partial charge in [0.2, 0.25) is 0 Å². The van der Waals surface area contributed by atoms with Crippen LogP contribution in [0.3, 0.4) is 0 Å². The lowest BCUT2D eigenvalue weighted by Crippen LogP contribution is -2.26. The van der Waals surface area contributed by atoms with E-state index < -0.39 is 23.4 Å². The van der Waals surface area contributed by atoms with Gasteiger partial charge in [0, 0.05) is 5.56 Å². The molecule has 0 saturated carbocycles. The van der Waals surface area contributed by atoms with Crippen molar-refractivity contribution < 1.29 is 22.7 Å². The summed E-state index contributed by atoms with van der Waals surface area (Å²) >= 11 is 0. The van der Waals surface area contributed by atoms with E-state index in [9.17, 15) is 22.8 Å². The van der Waals surface area contributed by atoms with Crippen molar-refractivity contribution in [3.63, 3.8) is 0 Å². The van der Waals surface area contributed by atoms with Gasteiger partial charge in [0.1, 0.15) is 0 Å². The van der Waals surface area contributed by atoms with Crippen molar-refractivity contribution in [3.8, 4) is 16.9 Å². The minimum atomic E-state index is -4.51. The zero-order valence-corrected chi connectivity index (χ0v) is 17.5. The molecule has 4 rings (SSSR count). The zero-order chi connectivity index (χ0) is 23.6. The Morgan fingerprint density at radius 2 is 1.45 bits per heavy atom. The fourth-order valence-electron chi connectivity index (χ4n) is 3.66. The van der Waals surface area contributed by atoms with Crippen molar-refractivity contribution in [3.05, 3.63) is 112 Å². The second kappa shape index (κ2) is 8.82. The van der Waals surface area contributed by atoms with E-state index in [4.69, 9.17) is 4.74 Å². The van der Waals surface area contributed by atoms with Gasteiger partial charge in [0.15, 0.2) is 5.69 Å². The van der Waals surface area contributed by atoms with E-state index in [0.717, 1.165) is 17.7 Å². The van der Waals surface area contributed by atoms with Gasteiger partial charge in [-0.25, -0.2) is 9.59 Å². The van der Waals surface area contributed by atoms with Crippen LogP contribution >= 0.6 is 0 Å². The number of halogens is 3. The van der Waals surface area contributed by atoms with Gasteiger partial charge in [0.05, 0.1) is 30.6 Å². The molecule has 0 aliphatic heterocycles. The highest BCUT2D eigenvalue weighted by atomic mass is 19.4. The summed E-state index contributed by atoms with van der Waals surface area (Å²) in [5, 5.41) is 0. The van der Waals surface area contributed by atoms with Crippen LogP contribution in [0.1, 0.15) is 21.6 Å². The molecule has 0 fully saturated rings. The molecule has 0 amide bonds. The Labute approximate surface area is 187 Å². The van der Waals surface area contributed by atoms with E-state index in [1.165, 1.54) is 28.4 Å². The van der Waals surface area contributed by atoms with E-state index in [0.29, 0.717) is 5.69 Å². The van der Waals surface area contributed by atoms with Crippen LogP contribution in [-0.4, -0.2) is 22.2 Å². The second-order valence-corrected chi connectivity index (χ2v) is 7.29. The molecule has 0 aliphatic rings. The van der Waals surface area contributed by atoms with E-state index in [1.807, 2.05) is 30.3 Å². The van der Waals surface area contributed by atoms with Crippen LogP contribution in [-0.2, 0) is 17.5 Å². The molecule has 0 bridgehead atoms. The van der Waals surface area contributed by atoms with Crippen molar-refractivity contribution in [2.75, 3.05) is 7.11 Å². The number of rotatable bonds is 5. The number of nitrogens with zero attached hydrogens (tertiary/aromatic N) is 2. The summed E-state index contributed by atoms with van der Waals surface area (Å²) in [4.78, 5) is 26.4. The van der Waals surface area contributed by atoms with Crippen molar-refractivity contribution in [2.45, 2.75) is 12.7 Å². The van der Waals surface area contributed by atoms with Crippen LogP contribution in [0, 0.1) is 0 Å². The van der Waals surface area contributed by atoms with Gasteiger partial charge < -0.3 is 4.74 Å². The van der Waals surface area contributed by atoms with E-state index >= 15 is 0 Å². The summed E-state index contributed by atoms with van der Waals surface area (Å²) in [6.07, 6.45) is -4.51. The number of methoxy groups -OCH3 is 1. The number of ether oxygens (including phenoxy) is 1. The van der Waals surface area contributed by atoms with Crippen molar-refractivity contribution in [1.82, 2.24) is 9.13 Å². The first-order chi connectivity index (χ1) is 15.8. The van der Waals surface area contributed by atoms with Crippen molar-refractivity contribution >= 4 is 5.97 Å². The molecule has 168 valence electrons. The van der Waals surface area contributed by atoms with Crippen LogP contribution in [0.5, 0.6) is 0 Å². The summed E-state index contributed by atoms with van der Waals surface area (Å²) in [5.74, 6) is -0.771. The molecule has 5 nitrogen and oxygen atoms in total. The summed E-state index contributed by atoms with van der Waals surface area (Å²) in [7, 11) is 1.19. The summed E-state index contributed by atoms with van der Waals surface area (Å²) in [5.41, 5.74) is 0.278. The Hall–Kier alpha value is -4.07. The van der Waals surface area contributed by atoms with Crippen molar-refractivity contribution in [1.29, 1.82) is 0 Å². The molecule has 0 spiro atoms. The number of hydrogen-bond acceptors (Lipinski definition) is 3. The first kappa shape index (κ1) is 22.1. The minimum absolute atomic E-state index is 0.0463. The number of esters is 1. The van der Waals surface area contributed by atoms with Gasteiger partial charge in [-0.15, -0.1) is 0 Å². The van der Waals surface area contributed by atoms with Gasteiger partial charge in [0.25, 0.3) is 0 Å². The quantitative estimate of drug-likeness (QED) is 0.393. The maximum absolute atomic E-state index is 13.6. The van der Waals surface area contributed by atoms with E-state index in [2.05, 4.69) is 0 Å². The first-order valence-corrected chi connectivity index (χ1v) is 10.0. The fourth-order valence-corrected chi connectivity index (χ4v) is 3.66. The van der Waals surface area contributed by atoms with E-state index in [1.54, 1.807) is 30.3 Å². The van der Waals surface area contributed by atoms with Gasteiger partial charge in [-0.3, -0.25) is 9.13 Å². The van der Waals surface area contributed by atoms with Gasteiger partial charge in [-0.2, -0.15) is 13.2 Å². The maximum atomic E-state index is 13.6. The Morgan fingerprint density at radius 3 is 2.00 bits per heavy atom. The fraction of sp³-hybridized carbons (Fsp3) is 0.120. The molecule has 0 N–H and O–H groups in total. The monoisotopic (exact) mass is 452 g/mol. The first-order valence-electron chi connectivity index (χ1n) is 10.0. The molecule has 8 heteroatoms. The number of para-hydroxylation sites is 1.